The molecule has 2 N–H and O–H groups in total. The lowest BCUT2D eigenvalue weighted by atomic mass is 10.0. The number of anilines is 1. The first-order valence-corrected chi connectivity index (χ1v) is 9.04. The lowest BCUT2D eigenvalue weighted by molar-refractivity contribution is -0.384. The molecule has 5 nitrogen and oxygen atoms in total. The van der Waals surface area contributed by atoms with Gasteiger partial charge in [0, 0.05) is 31.8 Å². The Labute approximate surface area is 163 Å². The Morgan fingerprint density at radius 2 is 1.59 bits per heavy atom. The zero-order valence-electron chi connectivity index (χ0n) is 14.7. The summed E-state index contributed by atoms with van der Waals surface area (Å²) in [6.45, 7) is 2.18. The van der Waals surface area contributed by atoms with Crippen molar-refractivity contribution < 1.29 is 4.92 Å². The number of halogens is 1. The highest BCUT2D eigenvalue weighted by Gasteiger charge is 2.08. The van der Waals surface area contributed by atoms with E-state index in [0.717, 1.165) is 13.1 Å². The topological polar surface area (TPSA) is 67.2 Å². The molecule has 0 saturated carbocycles. The summed E-state index contributed by atoms with van der Waals surface area (Å²) in [7, 11) is 0. The van der Waals surface area contributed by atoms with Crippen molar-refractivity contribution in [3.63, 3.8) is 0 Å². The van der Waals surface area contributed by atoms with Gasteiger partial charge in [-0.05, 0) is 22.8 Å². The van der Waals surface area contributed by atoms with Crippen molar-refractivity contribution in [1.82, 2.24) is 5.32 Å². The number of nitro groups is 1. The quantitative estimate of drug-likeness (QED) is 0.323. The highest BCUT2D eigenvalue weighted by Crippen LogP contribution is 2.26. The van der Waals surface area contributed by atoms with Gasteiger partial charge in [-0.25, -0.2) is 0 Å². The van der Waals surface area contributed by atoms with E-state index in [1.54, 1.807) is 6.07 Å². The Kier molecular flexibility index (Phi) is 6.41. The van der Waals surface area contributed by atoms with Crippen LogP contribution in [0.5, 0.6) is 0 Å². The van der Waals surface area contributed by atoms with Gasteiger partial charge >= 0.3 is 0 Å². The summed E-state index contributed by atoms with van der Waals surface area (Å²) in [5.41, 5.74) is 4.30. The van der Waals surface area contributed by atoms with Crippen molar-refractivity contribution in [2.24, 2.45) is 0 Å². The van der Waals surface area contributed by atoms with Crippen LogP contribution in [0, 0.1) is 10.1 Å². The van der Waals surface area contributed by atoms with Crippen LogP contribution >= 0.6 is 11.6 Å². The Morgan fingerprint density at radius 1 is 0.889 bits per heavy atom. The van der Waals surface area contributed by atoms with Gasteiger partial charge in [-0.2, -0.15) is 0 Å². The standard InChI is InChI=1S/C21H20ClN3O2/c22-20-14-19(25(26)27)10-11-21(20)24-13-12-23-15-16-6-8-18(9-7-16)17-4-2-1-3-5-17/h1-11,14,23-24H,12-13,15H2. The zero-order valence-corrected chi connectivity index (χ0v) is 15.4. The maximum Gasteiger partial charge on any atom is 0.271 e. The lowest BCUT2D eigenvalue weighted by Crippen LogP contribution is -2.21. The summed E-state index contributed by atoms with van der Waals surface area (Å²) < 4.78 is 0. The predicted molar refractivity (Wildman–Crippen MR) is 110 cm³/mol. The predicted octanol–water partition coefficient (Wildman–Crippen LogP) is 5.12. The molecule has 138 valence electrons. The van der Waals surface area contributed by atoms with Gasteiger partial charge in [0.25, 0.3) is 5.69 Å². The van der Waals surface area contributed by atoms with Crippen LogP contribution in [0.1, 0.15) is 5.56 Å². The molecule has 0 aromatic heterocycles. The van der Waals surface area contributed by atoms with Crippen molar-refractivity contribution in [2.45, 2.75) is 6.54 Å². The molecule has 0 aliphatic rings. The first-order chi connectivity index (χ1) is 13.1. The smallest absolute Gasteiger partial charge is 0.271 e. The number of nitrogens with one attached hydrogen (secondary N) is 2. The van der Waals surface area contributed by atoms with E-state index in [4.69, 9.17) is 11.6 Å². The molecule has 0 unspecified atom stereocenters. The van der Waals surface area contributed by atoms with Crippen LogP contribution in [0.3, 0.4) is 0 Å². The van der Waals surface area contributed by atoms with Crippen LogP contribution in [0.15, 0.2) is 72.8 Å². The minimum atomic E-state index is -0.458. The Hall–Kier alpha value is -2.89. The Bertz CT molecular complexity index is 899. The molecule has 0 bridgehead atoms. The van der Waals surface area contributed by atoms with Crippen LogP contribution in [0.4, 0.5) is 11.4 Å². The maximum absolute atomic E-state index is 10.7. The van der Waals surface area contributed by atoms with Crippen molar-refractivity contribution >= 4 is 23.0 Å². The number of nitro benzene ring substituents is 1. The molecular weight excluding hydrogens is 362 g/mol. The highest BCUT2D eigenvalue weighted by atomic mass is 35.5. The van der Waals surface area contributed by atoms with Crippen LogP contribution in [-0.4, -0.2) is 18.0 Å². The molecule has 0 saturated heterocycles. The molecule has 27 heavy (non-hydrogen) atoms. The molecule has 6 heteroatoms. The van der Waals surface area contributed by atoms with Crippen molar-refractivity contribution in [1.29, 1.82) is 0 Å². The maximum atomic E-state index is 10.7. The molecule has 0 aliphatic heterocycles. The van der Waals surface area contributed by atoms with E-state index < -0.39 is 4.92 Å². The third kappa shape index (κ3) is 5.29. The first-order valence-electron chi connectivity index (χ1n) is 8.66. The summed E-state index contributed by atoms with van der Waals surface area (Å²) >= 11 is 6.06. The number of rotatable bonds is 8. The highest BCUT2D eigenvalue weighted by molar-refractivity contribution is 6.33. The van der Waals surface area contributed by atoms with Gasteiger partial charge < -0.3 is 10.6 Å². The van der Waals surface area contributed by atoms with Gasteiger partial charge in [-0.3, -0.25) is 10.1 Å². The fourth-order valence-electron chi connectivity index (χ4n) is 2.72. The summed E-state index contributed by atoms with van der Waals surface area (Å²) in [6.07, 6.45) is 0. The summed E-state index contributed by atoms with van der Waals surface area (Å²) in [4.78, 5) is 10.3. The number of benzene rings is 3. The second kappa shape index (κ2) is 9.16. The molecule has 0 fully saturated rings. The summed E-state index contributed by atoms with van der Waals surface area (Å²) in [5.74, 6) is 0. The number of non-ortho nitro benzene ring substituents is 1. The van der Waals surface area contributed by atoms with Crippen LogP contribution in [0.25, 0.3) is 11.1 Å². The SMILES string of the molecule is O=[N+]([O-])c1ccc(NCCNCc2ccc(-c3ccccc3)cc2)c(Cl)c1. The molecule has 0 amide bonds. The monoisotopic (exact) mass is 381 g/mol. The van der Waals surface area contributed by atoms with E-state index in [0.29, 0.717) is 17.3 Å². The van der Waals surface area contributed by atoms with Gasteiger partial charge in [0.1, 0.15) is 0 Å². The largest absolute Gasteiger partial charge is 0.383 e. The van der Waals surface area contributed by atoms with E-state index in [2.05, 4.69) is 47.0 Å². The summed E-state index contributed by atoms with van der Waals surface area (Å²) in [5, 5.41) is 17.6. The summed E-state index contributed by atoms with van der Waals surface area (Å²) in [6, 6.07) is 23.2. The third-order valence-corrected chi connectivity index (χ3v) is 4.48. The van der Waals surface area contributed by atoms with Crippen molar-refractivity contribution in [2.75, 3.05) is 18.4 Å². The van der Waals surface area contributed by atoms with E-state index in [1.165, 1.54) is 28.8 Å². The Balaban J connectivity index is 1.43. The van der Waals surface area contributed by atoms with E-state index in [1.807, 2.05) is 18.2 Å². The van der Waals surface area contributed by atoms with Gasteiger partial charge in [-0.15, -0.1) is 0 Å². The number of hydrogen-bond donors (Lipinski definition) is 2. The lowest BCUT2D eigenvalue weighted by Gasteiger charge is -2.10. The molecule has 3 aromatic carbocycles. The third-order valence-electron chi connectivity index (χ3n) is 4.17. The Morgan fingerprint density at radius 3 is 2.26 bits per heavy atom. The molecule has 0 heterocycles. The van der Waals surface area contributed by atoms with Gasteiger partial charge in [-0.1, -0.05) is 66.2 Å². The second-order valence-corrected chi connectivity index (χ2v) is 6.49. The van der Waals surface area contributed by atoms with Crippen molar-refractivity contribution in [3.8, 4) is 11.1 Å². The fourth-order valence-corrected chi connectivity index (χ4v) is 2.97. The van der Waals surface area contributed by atoms with Crippen molar-refractivity contribution in [3.05, 3.63) is 93.5 Å². The van der Waals surface area contributed by atoms with Gasteiger partial charge in [0.2, 0.25) is 0 Å². The second-order valence-electron chi connectivity index (χ2n) is 6.09. The molecule has 0 radical (unpaired) electrons. The minimum absolute atomic E-state index is 0.0115. The van der Waals surface area contributed by atoms with E-state index in [-0.39, 0.29) is 5.69 Å². The molecule has 3 aromatic rings. The normalized spacial score (nSPS) is 10.6. The zero-order chi connectivity index (χ0) is 19.1. The first kappa shape index (κ1) is 18.9. The van der Waals surface area contributed by atoms with E-state index in [9.17, 15) is 10.1 Å². The molecule has 0 aliphatic carbocycles. The molecular formula is C21H20ClN3O2. The van der Waals surface area contributed by atoms with Crippen LogP contribution < -0.4 is 10.6 Å². The molecule has 0 atom stereocenters. The molecule has 0 spiro atoms. The fraction of sp³-hybridized carbons (Fsp3) is 0.143. The number of nitrogens with zero attached hydrogens (tertiary/aromatic N) is 1. The average molecular weight is 382 g/mol. The number of hydrogen-bond acceptors (Lipinski definition) is 4. The average Bonchev–Trinajstić information content (AvgIpc) is 2.70. The van der Waals surface area contributed by atoms with Crippen LogP contribution in [0.2, 0.25) is 5.02 Å². The minimum Gasteiger partial charge on any atom is -0.383 e. The van der Waals surface area contributed by atoms with Gasteiger partial charge in [0.05, 0.1) is 15.6 Å². The van der Waals surface area contributed by atoms with E-state index >= 15 is 0 Å². The van der Waals surface area contributed by atoms with Crippen LogP contribution in [-0.2, 0) is 6.54 Å². The molecule has 3 rings (SSSR count). The van der Waals surface area contributed by atoms with Gasteiger partial charge in [0.15, 0.2) is 0 Å².